The van der Waals surface area contributed by atoms with Crippen molar-refractivity contribution >= 4 is 21.8 Å². The van der Waals surface area contributed by atoms with E-state index in [0.717, 1.165) is 4.47 Å². The molecule has 0 saturated carbocycles. The van der Waals surface area contributed by atoms with E-state index in [-0.39, 0.29) is 19.4 Å². The van der Waals surface area contributed by atoms with E-state index in [1.807, 2.05) is 26.0 Å². The maximum Gasteiger partial charge on any atom is 0.251 e. The molecule has 0 fully saturated rings. The van der Waals surface area contributed by atoms with Crippen molar-refractivity contribution in [2.75, 3.05) is 0 Å². The second kappa shape index (κ2) is 5.81. The first-order chi connectivity index (χ1) is 6.09. The van der Waals surface area contributed by atoms with E-state index in [1.54, 1.807) is 12.1 Å². The average molecular weight is 258 g/mol. The van der Waals surface area contributed by atoms with Gasteiger partial charge in [-0.25, -0.2) is 0 Å². The highest BCUT2D eigenvalue weighted by Gasteiger charge is 2.05. The van der Waals surface area contributed by atoms with E-state index in [4.69, 9.17) is 0 Å². The van der Waals surface area contributed by atoms with E-state index >= 15 is 0 Å². The fourth-order valence-electron chi connectivity index (χ4n) is 0.975. The Morgan fingerprint density at radius 2 is 2.07 bits per heavy atom. The molecular formula is C11H16BrNO. The number of carbonyl (C=O) groups excluding carboxylic acids is 1. The number of hydrogen-bond acceptors (Lipinski definition) is 1. The van der Waals surface area contributed by atoms with Crippen LogP contribution in [0.4, 0.5) is 0 Å². The molecule has 0 aliphatic rings. The van der Waals surface area contributed by atoms with Crippen LogP contribution in [0.3, 0.4) is 0 Å². The topological polar surface area (TPSA) is 29.1 Å². The summed E-state index contributed by atoms with van der Waals surface area (Å²) in [6.07, 6.45) is 0. The molecule has 0 saturated heterocycles. The van der Waals surface area contributed by atoms with Crippen LogP contribution < -0.4 is 5.32 Å². The van der Waals surface area contributed by atoms with Crippen molar-refractivity contribution < 1.29 is 4.79 Å². The lowest BCUT2D eigenvalue weighted by Gasteiger charge is -2.07. The molecule has 0 heterocycles. The number of halogens is 1. The Balaban J connectivity index is 0.00000169. The van der Waals surface area contributed by atoms with Gasteiger partial charge in [0.1, 0.15) is 0 Å². The normalized spacial score (nSPS) is 9.43. The van der Waals surface area contributed by atoms with Crippen molar-refractivity contribution in [3.8, 4) is 0 Å². The molecule has 0 aliphatic heterocycles. The van der Waals surface area contributed by atoms with Crippen molar-refractivity contribution in [3.05, 3.63) is 34.3 Å². The highest BCUT2D eigenvalue weighted by molar-refractivity contribution is 9.10. The van der Waals surface area contributed by atoms with Gasteiger partial charge >= 0.3 is 0 Å². The summed E-state index contributed by atoms with van der Waals surface area (Å²) in [4.78, 5) is 11.5. The first-order valence-corrected chi connectivity index (χ1v) is 4.95. The van der Waals surface area contributed by atoms with E-state index in [0.29, 0.717) is 5.56 Å². The van der Waals surface area contributed by atoms with Crippen LogP contribution in [-0.4, -0.2) is 11.9 Å². The van der Waals surface area contributed by atoms with Crippen molar-refractivity contribution in [2.24, 2.45) is 0 Å². The Labute approximate surface area is 93.8 Å². The molecule has 0 unspecified atom stereocenters. The smallest absolute Gasteiger partial charge is 0.251 e. The van der Waals surface area contributed by atoms with Gasteiger partial charge in [-0.05, 0) is 32.0 Å². The Hall–Kier alpha value is -0.830. The Kier molecular flexibility index (Phi) is 5.46. The molecule has 1 aromatic rings. The van der Waals surface area contributed by atoms with E-state index < -0.39 is 0 Å². The summed E-state index contributed by atoms with van der Waals surface area (Å²) in [6.45, 7) is 3.88. The van der Waals surface area contributed by atoms with Crippen LogP contribution in [0.2, 0.25) is 0 Å². The van der Waals surface area contributed by atoms with Crippen molar-refractivity contribution in [1.82, 2.24) is 5.32 Å². The summed E-state index contributed by atoms with van der Waals surface area (Å²) in [6, 6.07) is 7.51. The van der Waals surface area contributed by atoms with Crippen LogP contribution in [0.5, 0.6) is 0 Å². The van der Waals surface area contributed by atoms with Gasteiger partial charge in [-0.2, -0.15) is 0 Å². The van der Waals surface area contributed by atoms with Gasteiger partial charge in [0.05, 0.1) is 0 Å². The molecule has 1 N–H and O–H groups in total. The minimum Gasteiger partial charge on any atom is -0.350 e. The summed E-state index contributed by atoms with van der Waals surface area (Å²) >= 11 is 3.32. The largest absolute Gasteiger partial charge is 0.350 e. The molecule has 0 aliphatic carbocycles. The predicted molar refractivity (Wildman–Crippen MR) is 63.5 cm³/mol. The third-order valence-electron chi connectivity index (χ3n) is 1.51. The van der Waals surface area contributed by atoms with E-state index in [2.05, 4.69) is 21.2 Å². The van der Waals surface area contributed by atoms with Gasteiger partial charge in [-0.1, -0.05) is 29.4 Å². The Morgan fingerprint density at radius 3 is 2.57 bits per heavy atom. The van der Waals surface area contributed by atoms with Crippen LogP contribution in [0.1, 0.15) is 31.6 Å². The lowest BCUT2D eigenvalue weighted by molar-refractivity contribution is 0.0943. The zero-order valence-electron chi connectivity index (χ0n) is 7.67. The summed E-state index contributed by atoms with van der Waals surface area (Å²) in [5.74, 6) is -0.0312. The molecule has 3 heteroatoms. The summed E-state index contributed by atoms with van der Waals surface area (Å²) in [5.41, 5.74) is 0.683. The molecule has 1 rings (SSSR count). The first-order valence-electron chi connectivity index (χ1n) is 4.16. The minimum atomic E-state index is -0.0312. The molecule has 0 radical (unpaired) electrons. The van der Waals surface area contributed by atoms with Gasteiger partial charge in [0, 0.05) is 16.1 Å². The summed E-state index contributed by atoms with van der Waals surface area (Å²) in [7, 11) is 0. The Bertz CT molecular complexity index is 310. The average Bonchev–Trinajstić information content (AvgIpc) is 2.03. The van der Waals surface area contributed by atoms with Crippen LogP contribution in [-0.2, 0) is 0 Å². The minimum absolute atomic E-state index is 0. The monoisotopic (exact) mass is 257 g/mol. The van der Waals surface area contributed by atoms with Crippen LogP contribution in [0.15, 0.2) is 28.7 Å². The SMILES string of the molecule is C.CC(C)NC(=O)c1cccc(Br)c1. The summed E-state index contributed by atoms with van der Waals surface area (Å²) < 4.78 is 0.920. The van der Waals surface area contributed by atoms with Gasteiger partial charge in [0.2, 0.25) is 0 Å². The zero-order chi connectivity index (χ0) is 9.84. The molecule has 1 aromatic carbocycles. The van der Waals surface area contributed by atoms with Gasteiger partial charge in [-0.15, -0.1) is 0 Å². The van der Waals surface area contributed by atoms with Crippen LogP contribution in [0.25, 0.3) is 0 Å². The maximum atomic E-state index is 11.5. The highest BCUT2D eigenvalue weighted by atomic mass is 79.9. The fourth-order valence-corrected chi connectivity index (χ4v) is 1.37. The molecule has 1 amide bonds. The maximum absolute atomic E-state index is 11.5. The third-order valence-corrected chi connectivity index (χ3v) is 2.00. The zero-order valence-corrected chi connectivity index (χ0v) is 9.26. The second-order valence-corrected chi connectivity index (χ2v) is 4.05. The number of rotatable bonds is 2. The third kappa shape index (κ3) is 3.92. The molecule has 0 spiro atoms. The fraction of sp³-hybridized carbons (Fsp3) is 0.364. The lowest BCUT2D eigenvalue weighted by atomic mass is 10.2. The second-order valence-electron chi connectivity index (χ2n) is 3.14. The molecule has 0 atom stereocenters. The van der Waals surface area contributed by atoms with Gasteiger partial charge in [0.25, 0.3) is 5.91 Å². The molecule has 0 bridgehead atoms. The molecule has 0 aromatic heterocycles. The molecular weight excluding hydrogens is 242 g/mol. The van der Waals surface area contributed by atoms with Crippen molar-refractivity contribution in [1.29, 1.82) is 0 Å². The Morgan fingerprint density at radius 1 is 1.43 bits per heavy atom. The molecule has 14 heavy (non-hydrogen) atoms. The van der Waals surface area contributed by atoms with Gasteiger partial charge < -0.3 is 5.32 Å². The molecule has 78 valence electrons. The predicted octanol–water partition coefficient (Wildman–Crippen LogP) is 3.22. The molecule has 2 nitrogen and oxygen atoms in total. The van der Waals surface area contributed by atoms with Crippen molar-refractivity contribution in [2.45, 2.75) is 27.3 Å². The quantitative estimate of drug-likeness (QED) is 0.866. The highest BCUT2D eigenvalue weighted by Crippen LogP contribution is 2.11. The van der Waals surface area contributed by atoms with Crippen LogP contribution >= 0.6 is 15.9 Å². The van der Waals surface area contributed by atoms with E-state index in [9.17, 15) is 4.79 Å². The standard InChI is InChI=1S/C10H12BrNO.CH4/c1-7(2)12-10(13)8-4-3-5-9(11)6-8;/h3-7H,1-2H3,(H,12,13);1H4. The number of nitrogens with one attached hydrogen (secondary N) is 1. The number of amides is 1. The first kappa shape index (κ1) is 13.2. The van der Waals surface area contributed by atoms with Crippen LogP contribution in [0, 0.1) is 0 Å². The lowest BCUT2D eigenvalue weighted by Crippen LogP contribution is -2.29. The number of benzene rings is 1. The van der Waals surface area contributed by atoms with Crippen molar-refractivity contribution in [3.63, 3.8) is 0 Å². The van der Waals surface area contributed by atoms with E-state index in [1.165, 1.54) is 0 Å². The summed E-state index contributed by atoms with van der Waals surface area (Å²) in [5, 5.41) is 2.83. The van der Waals surface area contributed by atoms with Gasteiger partial charge in [-0.3, -0.25) is 4.79 Å². The number of hydrogen-bond donors (Lipinski definition) is 1. The number of carbonyl (C=O) groups is 1. The van der Waals surface area contributed by atoms with Gasteiger partial charge in [0.15, 0.2) is 0 Å².